The van der Waals surface area contributed by atoms with Gasteiger partial charge in [0, 0.05) is 18.0 Å². The van der Waals surface area contributed by atoms with Crippen molar-refractivity contribution in [3.63, 3.8) is 0 Å². The van der Waals surface area contributed by atoms with Crippen LogP contribution in [0.4, 0.5) is 4.79 Å². The number of methoxy groups -OCH3 is 1. The van der Waals surface area contributed by atoms with Crippen LogP contribution < -0.4 is 0 Å². The Hall–Kier alpha value is -0.440. The Morgan fingerprint density at radius 2 is 2.36 bits per heavy atom. The van der Waals surface area contributed by atoms with Crippen LogP contribution in [0.1, 0.15) is 32.6 Å². The molecule has 0 aromatic heterocycles. The number of hydrogen-bond acceptors (Lipinski definition) is 2. The second-order valence-electron chi connectivity index (χ2n) is 3.73. The number of alkyl halides is 1. The van der Waals surface area contributed by atoms with Gasteiger partial charge in [0.25, 0.3) is 0 Å². The van der Waals surface area contributed by atoms with Crippen molar-refractivity contribution in [1.82, 2.24) is 4.90 Å². The first-order valence-electron chi connectivity index (χ1n) is 5.17. The van der Waals surface area contributed by atoms with Gasteiger partial charge in [0.2, 0.25) is 0 Å². The number of hydrogen-bond donors (Lipinski definition) is 0. The number of carbonyl (C=O) groups excluding carboxylic acids is 1. The molecule has 1 heterocycles. The highest BCUT2D eigenvalue weighted by molar-refractivity contribution is 6.20. The number of nitrogens with zero attached hydrogens (tertiary/aromatic N) is 1. The maximum atomic E-state index is 11.4. The van der Waals surface area contributed by atoms with Crippen molar-refractivity contribution in [2.75, 3.05) is 13.7 Å². The van der Waals surface area contributed by atoms with E-state index in [0.29, 0.717) is 0 Å². The van der Waals surface area contributed by atoms with Crippen molar-refractivity contribution in [2.24, 2.45) is 0 Å². The third-order valence-electron chi connectivity index (χ3n) is 2.68. The average Bonchev–Trinajstić information content (AvgIpc) is 2.17. The first kappa shape index (κ1) is 11.6. The average molecular weight is 220 g/mol. The summed E-state index contributed by atoms with van der Waals surface area (Å²) in [4.78, 5) is 13.2. The Morgan fingerprint density at radius 3 is 2.93 bits per heavy atom. The molecule has 0 N–H and O–H groups in total. The minimum absolute atomic E-state index is 0.215. The van der Waals surface area contributed by atoms with Crippen molar-refractivity contribution < 1.29 is 9.53 Å². The Balaban J connectivity index is 2.57. The minimum Gasteiger partial charge on any atom is -0.453 e. The molecule has 1 aliphatic heterocycles. The molecule has 4 heteroatoms. The first-order valence-corrected chi connectivity index (χ1v) is 5.61. The van der Waals surface area contributed by atoms with Crippen molar-refractivity contribution in [3.8, 4) is 0 Å². The number of rotatable bonds is 2. The fourth-order valence-corrected chi connectivity index (χ4v) is 2.27. The lowest BCUT2D eigenvalue weighted by Gasteiger charge is -2.36. The predicted octanol–water partition coefficient (Wildman–Crippen LogP) is 2.62. The standard InChI is InChI=1S/C10H18ClNO2/c1-3-4-9-7-8(11)5-6-12(9)10(13)14-2/h8-9H,3-7H2,1-2H3. The number of carbonyl (C=O) groups is 1. The molecular weight excluding hydrogens is 202 g/mol. The van der Waals surface area contributed by atoms with E-state index in [4.69, 9.17) is 16.3 Å². The number of halogens is 1. The fraction of sp³-hybridized carbons (Fsp3) is 0.900. The van der Waals surface area contributed by atoms with E-state index in [2.05, 4.69) is 6.92 Å². The van der Waals surface area contributed by atoms with Gasteiger partial charge in [-0.15, -0.1) is 11.6 Å². The molecule has 0 radical (unpaired) electrons. The van der Waals surface area contributed by atoms with Gasteiger partial charge in [-0.2, -0.15) is 0 Å². The van der Waals surface area contributed by atoms with Gasteiger partial charge in [-0.1, -0.05) is 13.3 Å². The maximum absolute atomic E-state index is 11.4. The van der Waals surface area contributed by atoms with E-state index < -0.39 is 0 Å². The molecule has 1 amide bonds. The molecule has 14 heavy (non-hydrogen) atoms. The van der Waals surface area contributed by atoms with Gasteiger partial charge < -0.3 is 9.64 Å². The smallest absolute Gasteiger partial charge is 0.409 e. The topological polar surface area (TPSA) is 29.5 Å². The Bertz CT molecular complexity index is 199. The predicted molar refractivity (Wildman–Crippen MR) is 56.7 cm³/mol. The van der Waals surface area contributed by atoms with Crippen LogP contribution >= 0.6 is 11.6 Å². The molecule has 2 atom stereocenters. The van der Waals surface area contributed by atoms with Crippen LogP contribution in [-0.4, -0.2) is 36.1 Å². The van der Waals surface area contributed by atoms with E-state index >= 15 is 0 Å². The van der Waals surface area contributed by atoms with Gasteiger partial charge >= 0.3 is 6.09 Å². The fourth-order valence-electron chi connectivity index (χ4n) is 1.97. The Labute approximate surface area is 90.4 Å². The highest BCUT2D eigenvalue weighted by Crippen LogP contribution is 2.25. The zero-order valence-corrected chi connectivity index (χ0v) is 9.59. The molecule has 0 spiro atoms. The Kier molecular flexibility index (Phi) is 4.52. The molecule has 2 unspecified atom stereocenters. The SMILES string of the molecule is CCCC1CC(Cl)CCN1C(=O)OC. The van der Waals surface area contributed by atoms with Gasteiger partial charge in [0.05, 0.1) is 7.11 Å². The van der Waals surface area contributed by atoms with Crippen molar-refractivity contribution in [1.29, 1.82) is 0 Å². The van der Waals surface area contributed by atoms with Crippen molar-refractivity contribution in [3.05, 3.63) is 0 Å². The molecule has 1 saturated heterocycles. The third kappa shape index (κ3) is 2.77. The minimum atomic E-state index is -0.216. The van der Waals surface area contributed by atoms with Crippen LogP contribution in [0.5, 0.6) is 0 Å². The summed E-state index contributed by atoms with van der Waals surface area (Å²) < 4.78 is 4.75. The Morgan fingerprint density at radius 1 is 1.64 bits per heavy atom. The quantitative estimate of drug-likeness (QED) is 0.669. The monoisotopic (exact) mass is 219 g/mol. The van der Waals surface area contributed by atoms with Crippen LogP contribution in [0, 0.1) is 0 Å². The lowest BCUT2D eigenvalue weighted by atomic mass is 9.98. The van der Waals surface area contributed by atoms with Gasteiger partial charge in [-0.05, 0) is 19.3 Å². The van der Waals surface area contributed by atoms with Crippen molar-refractivity contribution in [2.45, 2.75) is 44.0 Å². The normalized spacial score (nSPS) is 27.5. The third-order valence-corrected chi connectivity index (χ3v) is 3.08. The van der Waals surface area contributed by atoms with Crippen LogP contribution in [-0.2, 0) is 4.74 Å². The molecule has 3 nitrogen and oxygen atoms in total. The summed E-state index contributed by atoms with van der Waals surface area (Å²) in [5, 5.41) is 0.215. The van der Waals surface area contributed by atoms with E-state index in [1.807, 2.05) is 4.90 Å². The zero-order chi connectivity index (χ0) is 10.6. The molecular formula is C10H18ClNO2. The van der Waals surface area contributed by atoms with Crippen molar-refractivity contribution >= 4 is 17.7 Å². The van der Waals surface area contributed by atoms with Gasteiger partial charge in [-0.25, -0.2) is 4.79 Å². The summed E-state index contributed by atoms with van der Waals surface area (Å²) in [6.45, 7) is 2.85. The summed E-state index contributed by atoms with van der Waals surface area (Å²) in [6, 6.07) is 0.267. The van der Waals surface area contributed by atoms with Crippen LogP contribution in [0.3, 0.4) is 0 Å². The molecule has 1 fully saturated rings. The lowest BCUT2D eigenvalue weighted by molar-refractivity contribution is 0.0876. The number of likely N-dealkylation sites (tertiary alicyclic amines) is 1. The second-order valence-corrected chi connectivity index (χ2v) is 4.34. The molecule has 0 aromatic rings. The summed E-state index contributed by atoms with van der Waals surface area (Å²) in [7, 11) is 1.43. The molecule has 82 valence electrons. The van der Waals surface area contributed by atoms with Gasteiger partial charge in [-0.3, -0.25) is 0 Å². The molecule has 0 aromatic carbocycles. The van der Waals surface area contributed by atoms with E-state index in [0.717, 1.165) is 32.2 Å². The first-order chi connectivity index (χ1) is 6.69. The number of ether oxygens (including phenoxy) is 1. The van der Waals surface area contributed by atoms with E-state index in [1.165, 1.54) is 7.11 Å². The number of amides is 1. The van der Waals surface area contributed by atoms with E-state index in [-0.39, 0.29) is 17.5 Å². The second kappa shape index (κ2) is 5.44. The zero-order valence-electron chi connectivity index (χ0n) is 8.83. The summed E-state index contributed by atoms with van der Waals surface area (Å²) >= 11 is 6.08. The van der Waals surface area contributed by atoms with E-state index in [1.54, 1.807) is 0 Å². The molecule has 0 aliphatic carbocycles. The molecule has 1 aliphatic rings. The molecule has 1 rings (SSSR count). The van der Waals surface area contributed by atoms with Crippen LogP contribution in [0.15, 0.2) is 0 Å². The maximum Gasteiger partial charge on any atom is 0.409 e. The lowest BCUT2D eigenvalue weighted by Crippen LogP contribution is -2.46. The van der Waals surface area contributed by atoms with Crippen LogP contribution in [0.25, 0.3) is 0 Å². The summed E-state index contributed by atoms with van der Waals surface area (Å²) in [5.41, 5.74) is 0. The highest BCUT2D eigenvalue weighted by atomic mass is 35.5. The highest BCUT2D eigenvalue weighted by Gasteiger charge is 2.30. The van der Waals surface area contributed by atoms with Gasteiger partial charge in [0.1, 0.15) is 0 Å². The molecule has 0 bridgehead atoms. The van der Waals surface area contributed by atoms with E-state index in [9.17, 15) is 4.79 Å². The summed E-state index contributed by atoms with van der Waals surface area (Å²) in [5.74, 6) is 0. The largest absolute Gasteiger partial charge is 0.453 e. The molecule has 0 saturated carbocycles. The number of piperidine rings is 1. The summed E-state index contributed by atoms with van der Waals surface area (Å²) in [6.07, 6.45) is 3.63. The van der Waals surface area contributed by atoms with Crippen LogP contribution in [0.2, 0.25) is 0 Å². The van der Waals surface area contributed by atoms with Gasteiger partial charge in [0.15, 0.2) is 0 Å².